The molecule has 0 bridgehead atoms. The lowest BCUT2D eigenvalue weighted by atomic mass is 10.1. The van der Waals surface area contributed by atoms with Crippen LogP contribution in [-0.4, -0.2) is 43.3 Å². The van der Waals surface area contributed by atoms with E-state index in [4.69, 9.17) is 5.11 Å². The van der Waals surface area contributed by atoms with Crippen LogP contribution in [0.5, 0.6) is 0 Å². The van der Waals surface area contributed by atoms with Gasteiger partial charge in [-0.15, -0.1) is 11.3 Å². The number of anilines is 1. The molecule has 0 spiro atoms. The number of thiophene rings is 1. The number of carboxylic acid groups (broad SMARTS) is 1. The molecule has 0 atom stereocenters. The second kappa shape index (κ2) is 8.93. The van der Waals surface area contributed by atoms with Crippen molar-refractivity contribution in [2.24, 2.45) is 0 Å². The average Bonchev–Trinajstić information content (AvgIpc) is 3.09. The smallest absolute Gasteiger partial charge is 0.307 e. The lowest BCUT2D eigenvalue weighted by Gasteiger charge is -2.15. The van der Waals surface area contributed by atoms with Crippen LogP contribution in [0.3, 0.4) is 0 Å². The first kappa shape index (κ1) is 20.1. The van der Waals surface area contributed by atoms with E-state index in [1.54, 1.807) is 41.8 Å². The quantitative estimate of drug-likeness (QED) is 0.677. The summed E-state index contributed by atoms with van der Waals surface area (Å²) in [4.78, 5) is 22.7. The molecule has 0 fully saturated rings. The molecule has 26 heavy (non-hydrogen) atoms. The van der Waals surface area contributed by atoms with Gasteiger partial charge >= 0.3 is 5.97 Å². The number of nitrogens with zero attached hydrogens (tertiary/aromatic N) is 1. The summed E-state index contributed by atoms with van der Waals surface area (Å²) in [5.74, 6) is -1.19. The molecule has 1 aromatic carbocycles. The highest BCUT2D eigenvalue weighted by molar-refractivity contribution is 7.91. The van der Waals surface area contributed by atoms with E-state index in [1.807, 2.05) is 0 Å². The van der Waals surface area contributed by atoms with E-state index in [2.05, 4.69) is 5.32 Å². The van der Waals surface area contributed by atoms with Gasteiger partial charge < -0.3 is 10.4 Å². The monoisotopic (exact) mass is 396 g/mol. The summed E-state index contributed by atoms with van der Waals surface area (Å²) in [5.41, 5.74) is 1.12. The second-order valence-electron chi connectivity index (χ2n) is 5.68. The maximum atomic E-state index is 12.3. The maximum absolute atomic E-state index is 12.3. The van der Waals surface area contributed by atoms with Gasteiger partial charge in [0.25, 0.3) is 10.0 Å². The number of carbonyl (C=O) groups is 2. The fraction of sp³-hybridized carbons (Fsp3) is 0.294. The number of rotatable bonds is 9. The van der Waals surface area contributed by atoms with Crippen molar-refractivity contribution < 1.29 is 23.1 Å². The van der Waals surface area contributed by atoms with Crippen LogP contribution < -0.4 is 5.32 Å². The topological polar surface area (TPSA) is 104 Å². The van der Waals surface area contributed by atoms with Crippen LogP contribution in [0.1, 0.15) is 18.4 Å². The van der Waals surface area contributed by atoms with Crippen molar-refractivity contribution in [2.75, 3.05) is 18.9 Å². The predicted octanol–water partition coefficient (Wildman–Crippen LogP) is 2.41. The Kier molecular flexibility index (Phi) is 6.90. The molecule has 9 heteroatoms. The van der Waals surface area contributed by atoms with Crippen molar-refractivity contribution in [3.05, 3.63) is 47.3 Å². The third-order valence-electron chi connectivity index (χ3n) is 3.60. The lowest BCUT2D eigenvalue weighted by Crippen LogP contribution is -2.28. The number of carboxylic acids is 1. The van der Waals surface area contributed by atoms with Crippen LogP contribution in [0.25, 0.3) is 0 Å². The van der Waals surface area contributed by atoms with Crippen molar-refractivity contribution in [2.45, 2.75) is 23.5 Å². The Balaban J connectivity index is 1.83. The summed E-state index contributed by atoms with van der Waals surface area (Å²) in [6.45, 7) is 0.229. The van der Waals surface area contributed by atoms with E-state index in [-0.39, 0.29) is 29.5 Å². The third-order valence-corrected chi connectivity index (χ3v) is 6.83. The van der Waals surface area contributed by atoms with E-state index >= 15 is 0 Å². The van der Waals surface area contributed by atoms with Crippen molar-refractivity contribution in [1.82, 2.24) is 4.31 Å². The minimum atomic E-state index is -3.51. The van der Waals surface area contributed by atoms with Crippen molar-refractivity contribution >= 4 is 38.9 Å². The normalized spacial score (nSPS) is 11.5. The highest BCUT2D eigenvalue weighted by atomic mass is 32.2. The lowest BCUT2D eigenvalue weighted by molar-refractivity contribution is -0.136. The summed E-state index contributed by atoms with van der Waals surface area (Å²) in [6.07, 6.45) is 0.421. The zero-order valence-electron chi connectivity index (χ0n) is 14.2. The molecule has 0 aliphatic rings. The summed E-state index contributed by atoms with van der Waals surface area (Å²) < 4.78 is 26.1. The summed E-state index contributed by atoms with van der Waals surface area (Å²) in [6, 6.07) is 9.87. The molecular formula is C17H20N2O5S2. The molecule has 0 aliphatic carbocycles. The van der Waals surface area contributed by atoms with E-state index in [9.17, 15) is 18.0 Å². The van der Waals surface area contributed by atoms with Gasteiger partial charge in [0.2, 0.25) is 5.91 Å². The predicted molar refractivity (Wildman–Crippen MR) is 99.8 cm³/mol. The molecule has 0 aliphatic heterocycles. The Bertz CT molecular complexity index is 863. The third kappa shape index (κ3) is 5.65. The Morgan fingerprint density at radius 1 is 1.23 bits per heavy atom. The number of benzene rings is 1. The van der Waals surface area contributed by atoms with Crippen LogP contribution in [-0.2, 0) is 26.0 Å². The van der Waals surface area contributed by atoms with Crippen LogP contribution in [0.2, 0.25) is 0 Å². The van der Waals surface area contributed by atoms with E-state index in [0.717, 1.165) is 11.3 Å². The number of sulfonamides is 1. The van der Waals surface area contributed by atoms with Gasteiger partial charge in [-0.2, -0.15) is 0 Å². The van der Waals surface area contributed by atoms with Crippen LogP contribution in [0.4, 0.5) is 5.69 Å². The molecule has 2 aromatic rings. The fourth-order valence-electron chi connectivity index (χ4n) is 2.30. The first-order chi connectivity index (χ1) is 12.3. The summed E-state index contributed by atoms with van der Waals surface area (Å²) in [5, 5.41) is 13.2. The molecule has 1 aromatic heterocycles. The Hall–Kier alpha value is -2.23. The largest absolute Gasteiger partial charge is 0.481 e. The molecule has 2 rings (SSSR count). The summed E-state index contributed by atoms with van der Waals surface area (Å²) >= 11 is 1.15. The van der Waals surface area contributed by atoms with Gasteiger partial charge in [0, 0.05) is 25.7 Å². The van der Waals surface area contributed by atoms with Crippen LogP contribution in [0, 0.1) is 0 Å². The highest BCUT2D eigenvalue weighted by Gasteiger charge is 2.21. The van der Waals surface area contributed by atoms with E-state index in [1.165, 1.54) is 11.4 Å². The molecule has 1 heterocycles. The Morgan fingerprint density at radius 2 is 2.00 bits per heavy atom. The number of nitrogens with one attached hydrogen (secondary N) is 1. The minimum absolute atomic E-state index is 0.116. The zero-order chi connectivity index (χ0) is 19.2. The van der Waals surface area contributed by atoms with Crippen molar-refractivity contribution in [3.8, 4) is 0 Å². The van der Waals surface area contributed by atoms with Gasteiger partial charge in [-0.3, -0.25) is 9.59 Å². The molecule has 140 valence electrons. The van der Waals surface area contributed by atoms with E-state index < -0.39 is 16.0 Å². The standard InChI is InChI=1S/C17H20N2O5S2/c1-19(26(23,24)17-8-4-10-25-17)9-3-7-15(20)18-14-6-2-5-13(11-14)12-16(21)22/h2,4-6,8,10-11H,3,7,9,12H2,1H3,(H,18,20)(H,21,22). The molecule has 0 radical (unpaired) electrons. The van der Waals surface area contributed by atoms with Gasteiger partial charge in [-0.1, -0.05) is 18.2 Å². The molecule has 1 amide bonds. The first-order valence-electron chi connectivity index (χ1n) is 7.89. The number of hydrogen-bond acceptors (Lipinski definition) is 5. The van der Waals surface area contributed by atoms with Gasteiger partial charge in [-0.25, -0.2) is 12.7 Å². The van der Waals surface area contributed by atoms with Gasteiger partial charge in [0.1, 0.15) is 4.21 Å². The molecule has 7 nitrogen and oxygen atoms in total. The van der Waals surface area contributed by atoms with E-state index in [0.29, 0.717) is 17.7 Å². The van der Waals surface area contributed by atoms with Crippen LogP contribution >= 0.6 is 11.3 Å². The Labute approximate surface area is 156 Å². The first-order valence-corrected chi connectivity index (χ1v) is 10.2. The SMILES string of the molecule is CN(CCCC(=O)Nc1cccc(CC(=O)O)c1)S(=O)(=O)c1cccs1. The molecular weight excluding hydrogens is 376 g/mol. The van der Waals surface area contributed by atoms with Crippen molar-refractivity contribution in [1.29, 1.82) is 0 Å². The molecule has 0 unspecified atom stereocenters. The average molecular weight is 396 g/mol. The van der Waals surface area contributed by atoms with Gasteiger partial charge in [0.05, 0.1) is 6.42 Å². The second-order valence-corrected chi connectivity index (χ2v) is 8.90. The Morgan fingerprint density at radius 3 is 2.65 bits per heavy atom. The maximum Gasteiger partial charge on any atom is 0.307 e. The highest BCUT2D eigenvalue weighted by Crippen LogP contribution is 2.20. The molecule has 2 N–H and O–H groups in total. The zero-order valence-corrected chi connectivity index (χ0v) is 15.8. The van der Waals surface area contributed by atoms with Crippen LogP contribution in [0.15, 0.2) is 46.0 Å². The number of amides is 1. The van der Waals surface area contributed by atoms with Gasteiger partial charge in [-0.05, 0) is 35.6 Å². The minimum Gasteiger partial charge on any atom is -0.481 e. The molecule has 0 saturated carbocycles. The molecule has 0 saturated heterocycles. The number of aliphatic carboxylic acids is 1. The van der Waals surface area contributed by atoms with Crippen molar-refractivity contribution in [3.63, 3.8) is 0 Å². The van der Waals surface area contributed by atoms with Gasteiger partial charge in [0.15, 0.2) is 0 Å². The summed E-state index contributed by atoms with van der Waals surface area (Å²) in [7, 11) is -2.02. The number of hydrogen-bond donors (Lipinski definition) is 2. The number of carbonyl (C=O) groups excluding carboxylic acids is 1. The fourth-order valence-corrected chi connectivity index (χ4v) is 4.71.